The van der Waals surface area contributed by atoms with Crippen LogP contribution in [-0.2, 0) is 4.74 Å². The first-order valence-corrected chi connectivity index (χ1v) is 4.21. The molecule has 0 saturated heterocycles. The molecule has 0 aromatic carbocycles. The molecule has 0 aliphatic rings. The minimum atomic E-state index is 0.488. The van der Waals surface area contributed by atoms with Crippen LogP contribution in [0.5, 0.6) is 0 Å². The smallest absolute Gasteiger partial charge is 0.257 e. The maximum Gasteiger partial charge on any atom is 0.257 e. The largest absolute Gasteiger partial charge is 0.471 e. The Balaban J connectivity index is 3.06. The van der Waals surface area contributed by atoms with Crippen molar-refractivity contribution in [2.75, 3.05) is 11.2 Å². The molecule has 0 fully saturated rings. The highest BCUT2D eigenvalue weighted by Crippen LogP contribution is 1.79. The minimum absolute atomic E-state index is 0.488. The summed E-state index contributed by atoms with van der Waals surface area (Å²) < 4.78 is 5.70. The van der Waals surface area contributed by atoms with Crippen molar-refractivity contribution in [3.63, 3.8) is 0 Å². The lowest BCUT2D eigenvalue weighted by atomic mass is 10.9. The van der Waals surface area contributed by atoms with Crippen LogP contribution in [0.4, 0.5) is 0 Å². The maximum atomic E-state index is 4.90. The summed E-state index contributed by atoms with van der Waals surface area (Å²) in [5.74, 6) is 0. The summed E-state index contributed by atoms with van der Waals surface area (Å²) in [5.41, 5.74) is 0. The van der Waals surface area contributed by atoms with Gasteiger partial charge in [0.2, 0.25) is 0 Å². The highest BCUT2D eigenvalue weighted by molar-refractivity contribution is 14.1. The van der Waals surface area contributed by atoms with E-state index < -0.39 is 0 Å². The number of ether oxygens (including phenoxy) is 1. The van der Waals surface area contributed by atoms with Crippen molar-refractivity contribution < 1.29 is 4.74 Å². The highest BCUT2D eigenvalue weighted by Gasteiger charge is 1.87. The van der Waals surface area contributed by atoms with Gasteiger partial charge in [-0.05, 0) is 19.1 Å². The normalized spacial score (nSPS) is 8.25. The molecule has 0 amide bonds. The average molecular weight is 245 g/mol. The van der Waals surface area contributed by atoms with Crippen molar-refractivity contribution in [3.8, 4) is 0 Å². The first-order valence-electron chi connectivity index (χ1n) is 2.27. The summed E-state index contributed by atoms with van der Waals surface area (Å²) in [6.07, 6.45) is 0. The zero-order valence-electron chi connectivity index (χ0n) is 4.61. The second-order valence-electron chi connectivity index (χ2n) is 1.03. The summed E-state index contributed by atoms with van der Waals surface area (Å²) in [6.45, 7) is 2.55. The Kier molecular flexibility index (Phi) is 5.85. The third-order valence-corrected chi connectivity index (χ3v) is 1.13. The van der Waals surface area contributed by atoms with E-state index in [1.807, 2.05) is 6.92 Å². The maximum absolute atomic E-state index is 4.90. The van der Waals surface area contributed by atoms with Crippen LogP contribution in [0.3, 0.4) is 0 Å². The van der Waals surface area contributed by atoms with E-state index in [-0.39, 0.29) is 0 Å². The second kappa shape index (κ2) is 5.55. The van der Waals surface area contributed by atoms with E-state index in [0.29, 0.717) is 11.8 Å². The lowest BCUT2D eigenvalue weighted by Gasteiger charge is -2.02. The topological polar surface area (TPSA) is 21.3 Å². The molecule has 0 saturated carbocycles. The molecule has 0 aliphatic carbocycles. The first kappa shape index (κ1) is 8.42. The number of rotatable bonds is 2. The van der Waals surface area contributed by atoms with Crippen LogP contribution in [-0.4, -0.2) is 16.3 Å². The van der Waals surface area contributed by atoms with Crippen LogP contribution < -0.4 is 5.32 Å². The van der Waals surface area contributed by atoms with E-state index in [0.717, 1.165) is 4.55 Å². The van der Waals surface area contributed by atoms with Gasteiger partial charge in [0.25, 0.3) is 5.17 Å². The van der Waals surface area contributed by atoms with Gasteiger partial charge in [0.15, 0.2) is 0 Å². The van der Waals surface area contributed by atoms with Crippen LogP contribution >= 0.6 is 34.8 Å². The Bertz CT molecular complexity index is 70.4. The fourth-order valence-corrected chi connectivity index (χ4v) is 1.03. The molecule has 0 atom stereocenters. The van der Waals surface area contributed by atoms with E-state index in [2.05, 4.69) is 27.9 Å². The van der Waals surface area contributed by atoms with Crippen molar-refractivity contribution in [1.82, 2.24) is 5.32 Å². The van der Waals surface area contributed by atoms with Gasteiger partial charge in [-0.3, -0.25) is 0 Å². The van der Waals surface area contributed by atoms with Gasteiger partial charge < -0.3 is 10.1 Å². The summed E-state index contributed by atoms with van der Waals surface area (Å²) in [7, 11) is 0. The quantitative estimate of drug-likeness (QED) is 0.343. The molecule has 0 heterocycles. The molecule has 48 valence electrons. The highest BCUT2D eigenvalue weighted by atomic mass is 127. The number of halogens is 1. The van der Waals surface area contributed by atoms with Gasteiger partial charge in [0.1, 0.15) is 0 Å². The van der Waals surface area contributed by atoms with Crippen LogP contribution in [0.25, 0.3) is 0 Å². The van der Waals surface area contributed by atoms with E-state index in [1.165, 1.54) is 0 Å². The van der Waals surface area contributed by atoms with Gasteiger partial charge in [-0.25, -0.2) is 0 Å². The molecule has 0 unspecified atom stereocenters. The van der Waals surface area contributed by atoms with E-state index in [1.54, 1.807) is 0 Å². The van der Waals surface area contributed by atoms with Crippen LogP contribution in [0.15, 0.2) is 0 Å². The zero-order chi connectivity index (χ0) is 6.41. The lowest BCUT2D eigenvalue weighted by molar-refractivity contribution is 0.323. The van der Waals surface area contributed by atoms with Gasteiger partial charge >= 0.3 is 0 Å². The Hall–Kier alpha value is 0.420. The number of alkyl halides is 1. The van der Waals surface area contributed by atoms with Crippen molar-refractivity contribution in [1.29, 1.82) is 0 Å². The summed E-state index contributed by atoms with van der Waals surface area (Å²) in [6, 6.07) is 0. The van der Waals surface area contributed by atoms with Crippen molar-refractivity contribution in [3.05, 3.63) is 0 Å². The number of thiocarbonyl (C=S) groups is 1. The van der Waals surface area contributed by atoms with Gasteiger partial charge in [-0.1, -0.05) is 22.6 Å². The fraction of sp³-hybridized carbons (Fsp3) is 0.750. The number of nitrogens with one attached hydrogen (secondary N) is 1. The molecular weight excluding hydrogens is 237 g/mol. The Morgan fingerprint density at radius 2 is 2.50 bits per heavy atom. The van der Waals surface area contributed by atoms with E-state index >= 15 is 0 Å². The Labute approximate surface area is 68.1 Å². The molecule has 0 aliphatic heterocycles. The molecule has 0 spiro atoms. The van der Waals surface area contributed by atoms with Crippen molar-refractivity contribution >= 4 is 40.0 Å². The minimum Gasteiger partial charge on any atom is -0.471 e. The fourth-order valence-electron chi connectivity index (χ4n) is 0.237. The van der Waals surface area contributed by atoms with Crippen molar-refractivity contribution in [2.24, 2.45) is 0 Å². The summed E-state index contributed by atoms with van der Waals surface area (Å²) in [4.78, 5) is 0. The molecule has 0 rings (SSSR count). The van der Waals surface area contributed by atoms with Crippen LogP contribution in [0.2, 0.25) is 0 Å². The molecule has 0 aromatic heterocycles. The third-order valence-electron chi connectivity index (χ3n) is 0.487. The molecular formula is C4H8INOS. The number of hydrogen-bond donors (Lipinski definition) is 1. The molecule has 0 aromatic rings. The second-order valence-corrected chi connectivity index (χ2v) is 2.16. The van der Waals surface area contributed by atoms with Gasteiger partial charge in [0, 0.05) is 0 Å². The molecule has 0 bridgehead atoms. The molecule has 2 nitrogen and oxygen atoms in total. The monoisotopic (exact) mass is 245 g/mol. The Morgan fingerprint density at radius 1 is 1.88 bits per heavy atom. The van der Waals surface area contributed by atoms with E-state index in [9.17, 15) is 0 Å². The third kappa shape index (κ3) is 4.58. The zero-order valence-corrected chi connectivity index (χ0v) is 7.58. The van der Waals surface area contributed by atoms with Crippen LogP contribution in [0.1, 0.15) is 6.92 Å². The van der Waals surface area contributed by atoms with E-state index in [4.69, 9.17) is 17.0 Å². The molecule has 4 heteroatoms. The molecule has 8 heavy (non-hydrogen) atoms. The standard InChI is InChI=1S/C4H8INOS/c1-2-7-4(8)6-3-5/h2-3H2,1H3,(H,6,8). The summed E-state index contributed by atoms with van der Waals surface area (Å²) >= 11 is 6.88. The van der Waals surface area contributed by atoms with Gasteiger partial charge in [-0.15, -0.1) is 0 Å². The van der Waals surface area contributed by atoms with Gasteiger partial charge in [0.05, 0.1) is 11.2 Å². The van der Waals surface area contributed by atoms with Gasteiger partial charge in [-0.2, -0.15) is 0 Å². The first-order chi connectivity index (χ1) is 3.81. The molecule has 1 N–H and O–H groups in total. The lowest BCUT2D eigenvalue weighted by Crippen LogP contribution is -2.21. The predicted octanol–water partition coefficient (Wildman–Crippen LogP) is 1.29. The Morgan fingerprint density at radius 3 is 2.88 bits per heavy atom. The SMILES string of the molecule is CCOC(=S)NCI. The summed E-state index contributed by atoms with van der Waals surface area (Å²) in [5, 5.41) is 3.33. The average Bonchev–Trinajstić information content (AvgIpc) is 1.68. The van der Waals surface area contributed by atoms with Crippen LogP contribution in [0, 0.1) is 0 Å². The van der Waals surface area contributed by atoms with Crippen molar-refractivity contribution in [2.45, 2.75) is 6.92 Å². The number of hydrogen-bond acceptors (Lipinski definition) is 2. The predicted molar refractivity (Wildman–Crippen MR) is 46.2 cm³/mol. The molecule has 0 radical (unpaired) electrons.